The lowest BCUT2D eigenvalue weighted by atomic mass is 9.77. The SMILES string of the molecule is CC(C)=CC1(c2cccc(-c3ccnc4[nH]ncc34)c2)CCNC1. The third-order valence-corrected chi connectivity index (χ3v) is 4.86. The summed E-state index contributed by atoms with van der Waals surface area (Å²) in [6, 6.07) is 11.0. The molecular weight excluding hydrogens is 296 g/mol. The maximum absolute atomic E-state index is 4.34. The number of rotatable bonds is 3. The van der Waals surface area contributed by atoms with E-state index in [0.29, 0.717) is 0 Å². The first-order valence-corrected chi connectivity index (χ1v) is 8.44. The highest BCUT2D eigenvalue weighted by molar-refractivity contribution is 5.92. The van der Waals surface area contributed by atoms with Gasteiger partial charge in [0, 0.05) is 23.5 Å². The van der Waals surface area contributed by atoms with Gasteiger partial charge in [0.2, 0.25) is 0 Å². The molecule has 0 aliphatic carbocycles. The number of H-pyrrole nitrogens is 1. The molecule has 122 valence electrons. The smallest absolute Gasteiger partial charge is 0.155 e. The van der Waals surface area contributed by atoms with Crippen molar-refractivity contribution in [2.75, 3.05) is 13.1 Å². The van der Waals surface area contributed by atoms with Crippen LogP contribution in [0.3, 0.4) is 0 Å². The number of benzene rings is 1. The molecule has 3 heterocycles. The first-order valence-electron chi connectivity index (χ1n) is 8.44. The van der Waals surface area contributed by atoms with Crippen LogP contribution in [-0.4, -0.2) is 28.3 Å². The van der Waals surface area contributed by atoms with Crippen molar-refractivity contribution >= 4 is 11.0 Å². The molecule has 1 fully saturated rings. The Bertz CT molecular complexity index is 897. The normalized spacial score (nSPS) is 20.4. The minimum atomic E-state index is 0.0946. The molecule has 0 amide bonds. The summed E-state index contributed by atoms with van der Waals surface area (Å²) in [5, 5.41) is 11.7. The molecule has 4 heteroatoms. The van der Waals surface area contributed by atoms with Crippen molar-refractivity contribution in [1.29, 1.82) is 0 Å². The van der Waals surface area contributed by atoms with Gasteiger partial charge in [0.15, 0.2) is 5.65 Å². The van der Waals surface area contributed by atoms with Gasteiger partial charge in [-0.2, -0.15) is 5.10 Å². The van der Waals surface area contributed by atoms with Crippen molar-refractivity contribution in [3.63, 3.8) is 0 Å². The Hall–Kier alpha value is -2.46. The van der Waals surface area contributed by atoms with E-state index in [4.69, 9.17) is 0 Å². The monoisotopic (exact) mass is 318 g/mol. The van der Waals surface area contributed by atoms with E-state index in [1.54, 1.807) is 0 Å². The molecule has 1 aliphatic rings. The van der Waals surface area contributed by atoms with E-state index in [9.17, 15) is 0 Å². The summed E-state index contributed by atoms with van der Waals surface area (Å²) in [6.45, 7) is 6.43. The van der Waals surface area contributed by atoms with Gasteiger partial charge in [-0.1, -0.05) is 35.9 Å². The second-order valence-electron chi connectivity index (χ2n) is 6.88. The van der Waals surface area contributed by atoms with Crippen LogP contribution in [0.25, 0.3) is 22.2 Å². The summed E-state index contributed by atoms with van der Waals surface area (Å²) in [5.74, 6) is 0. The second kappa shape index (κ2) is 5.87. The molecule has 2 N–H and O–H groups in total. The minimum Gasteiger partial charge on any atom is -0.315 e. The Morgan fingerprint density at radius 1 is 1.25 bits per heavy atom. The molecule has 1 unspecified atom stereocenters. The summed E-state index contributed by atoms with van der Waals surface area (Å²) in [6.07, 6.45) is 7.25. The number of aromatic amines is 1. The first kappa shape index (κ1) is 15.1. The third-order valence-electron chi connectivity index (χ3n) is 4.86. The molecule has 1 aromatic carbocycles. The molecule has 3 aromatic rings. The summed E-state index contributed by atoms with van der Waals surface area (Å²) in [4.78, 5) is 4.34. The summed E-state index contributed by atoms with van der Waals surface area (Å²) in [7, 11) is 0. The van der Waals surface area contributed by atoms with Crippen molar-refractivity contribution in [3.8, 4) is 11.1 Å². The molecule has 0 spiro atoms. The van der Waals surface area contributed by atoms with Crippen LogP contribution in [0.1, 0.15) is 25.8 Å². The fraction of sp³-hybridized carbons (Fsp3) is 0.300. The average molecular weight is 318 g/mol. The van der Waals surface area contributed by atoms with Crippen LogP contribution in [0.2, 0.25) is 0 Å². The lowest BCUT2D eigenvalue weighted by molar-refractivity contribution is 0.590. The number of hydrogen-bond donors (Lipinski definition) is 2. The number of allylic oxidation sites excluding steroid dienone is 1. The van der Waals surface area contributed by atoms with E-state index in [0.717, 1.165) is 30.5 Å². The number of aromatic nitrogens is 3. The topological polar surface area (TPSA) is 53.6 Å². The van der Waals surface area contributed by atoms with Gasteiger partial charge in [-0.25, -0.2) is 4.98 Å². The van der Waals surface area contributed by atoms with Crippen molar-refractivity contribution < 1.29 is 0 Å². The molecule has 1 saturated heterocycles. The van der Waals surface area contributed by atoms with Crippen molar-refractivity contribution in [2.45, 2.75) is 25.7 Å². The van der Waals surface area contributed by atoms with Crippen molar-refractivity contribution in [2.24, 2.45) is 0 Å². The highest BCUT2D eigenvalue weighted by atomic mass is 15.1. The largest absolute Gasteiger partial charge is 0.315 e. The molecule has 0 saturated carbocycles. The lowest BCUT2D eigenvalue weighted by Crippen LogP contribution is -2.27. The van der Waals surface area contributed by atoms with Gasteiger partial charge >= 0.3 is 0 Å². The zero-order valence-electron chi connectivity index (χ0n) is 14.1. The maximum atomic E-state index is 4.34. The van der Waals surface area contributed by atoms with Crippen LogP contribution in [-0.2, 0) is 5.41 Å². The van der Waals surface area contributed by atoms with Crippen molar-refractivity contribution in [1.82, 2.24) is 20.5 Å². The fourth-order valence-corrected chi connectivity index (χ4v) is 3.82. The molecule has 4 nitrogen and oxygen atoms in total. The molecular formula is C20H22N4. The zero-order chi connectivity index (χ0) is 16.6. The van der Waals surface area contributed by atoms with Gasteiger partial charge < -0.3 is 5.32 Å². The highest BCUT2D eigenvalue weighted by Crippen LogP contribution is 2.36. The molecule has 4 rings (SSSR count). The summed E-state index contributed by atoms with van der Waals surface area (Å²) < 4.78 is 0. The van der Waals surface area contributed by atoms with Crippen LogP contribution in [0.5, 0.6) is 0 Å². The van der Waals surface area contributed by atoms with Gasteiger partial charge in [0.1, 0.15) is 0 Å². The molecule has 24 heavy (non-hydrogen) atoms. The first-order chi connectivity index (χ1) is 11.7. The quantitative estimate of drug-likeness (QED) is 0.722. The summed E-state index contributed by atoms with van der Waals surface area (Å²) in [5.41, 5.74) is 6.06. The average Bonchev–Trinajstić information content (AvgIpc) is 3.24. The van der Waals surface area contributed by atoms with E-state index in [1.165, 1.54) is 22.3 Å². The van der Waals surface area contributed by atoms with E-state index < -0.39 is 0 Å². The minimum absolute atomic E-state index is 0.0946. The number of nitrogens with one attached hydrogen (secondary N) is 2. The predicted molar refractivity (Wildman–Crippen MR) is 97.9 cm³/mol. The Morgan fingerprint density at radius 2 is 2.17 bits per heavy atom. The highest BCUT2D eigenvalue weighted by Gasteiger charge is 2.33. The van der Waals surface area contributed by atoms with Gasteiger partial charge in [0.25, 0.3) is 0 Å². The number of nitrogens with zero attached hydrogens (tertiary/aromatic N) is 2. The van der Waals surface area contributed by atoms with Gasteiger partial charge in [-0.15, -0.1) is 0 Å². The Morgan fingerprint density at radius 3 is 2.96 bits per heavy atom. The van der Waals surface area contributed by atoms with E-state index in [1.807, 2.05) is 12.4 Å². The zero-order valence-corrected chi connectivity index (χ0v) is 14.1. The predicted octanol–water partition coefficient (Wildman–Crippen LogP) is 3.82. The fourth-order valence-electron chi connectivity index (χ4n) is 3.82. The van der Waals surface area contributed by atoms with E-state index in [-0.39, 0.29) is 5.41 Å². The maximum Gasteiger partial charge on any atom is 0.155 e. The third kappa shape index (κ3) is 2.53. The van der Waals surface area contributed by atoms with E-state index in [2.05, 4.69) is 70.8 Å². The van der Waals surface area contributed by atoms with E-state index >= 15 is 0 Å². The molecule has 0 radical (unpaired) electrons. The van der Waals surface area contributed by atoms with Crippen LogP contribution in [0.15, 0.2) is 54.4 Å². The van der Waals surface area contributed by atoms with Crippen LogP contribution < -0.4 is 5.32 Å². The second-order valence-corrected chi connectivity index (χ2v) is 6.88. The molecule has 1 atom stereocenters. The number of pyridine rings is 1. The lowest BCUT2D eigenvalue weighted by Gasteiger charge is -2.26. The summed E-state index contributed by atoms with van der Waals surface area (Å²) >= 11 is 0. The standard InChI is InChI=1S/C20H22N4/c1-14(2)11-20(7-9-21-13-20)16-5-3-4-15(10-16)17-6-8-22-19-18(17)12-23-24-19/h3-6,8,10-12,21H,7,9,13H2,1-2H3,(H,22,23,24). The number of fused-ring (bicyclic) bond motifs is 1. The van der Waals surface area contributed by atoms with Crippen LogP contribution in [0, 0.1) is 0 Å². The van der Waals surface area contributed by atoms with Crippen LogP contribution >= 0.6 is 0 Å². The van der Waals surface area contributed by atoms with Crippen LogP contribution in [0.4, 0.5) is 0 Å². The molecule has 2 aromatic heterocycles. The van der Waals surface area contributed by atoms with Gasteiger partial charge in [0.05, 0.1) is 6.20 Å². The van der Waals surface area contributed by atoms with Gasteiger partial charge in [-0.05, 0) is 49.6 Å². The molecule has 1 aliphatic heterocycles. The van der Waals surface area contributed by atoms with Gasteiger partial charge in [-0.3, -0.25) is 5.10 Å². The Labute approximate surface area is 142 Å². The Balaban J connectivity index is 1.85. The number of hydrogen-bond acceptors (Lipinski definition) is 3. The van der Waals surface area contributed by atoms with Crippen molar-refractivity contribution in [3.05, 3.63) is 59.9 Å². The molecule has 0 bridgehead atoms. The Kier molecular flexibility index (Phi) is 3.69.